The number of nitrogens with one attached hydrogen (secondary N) is 1. The summed E-state index contributed by atoms with van der Waals surface area (Å²) in [6, 6.07) is 12.6. The van der Waals surface area contributed by atoms with Gasteiger partial charge >= 0.3 is 0 Å². The van der Waals surface area contributed by atoms with E-state index < -0.39 is 10.0 Å². The number of hydrogen-bond acceptors (Lipinski definition) is 4. The van der Waals surface area contributed by atoms with Crippen molar-refractivity contribution in [1.82, 2.24) is 4.90 Å². The van der Waals surface area contributed by atoms with Crippen molar-refractivity contribution < 1.29 is 17.9 Å². The van der Waals surface area contributed by atoms with Gasteiger partial charge in [0.15, 0.2) is 0 Å². The number of unbranched alkanes of at least 4 members (excludes halogenated alkanes) is 1. The molecule has 2 aromatic rings. The topological polar surface area (TPSA) is 75.7 Å². The number of rotatable bonds is 8. The quantitative estimate of drug-likeness (QED) is 0.766. The van der Waals surface area contributed by atoms with Crippen LogP contribution in [-0.2, 0) is 10.0 Å². The highest BCUT2D eigenvalue weighted by molar-refractivity contribution is 7.92. The van der Waals surface area contributed by atoms with Crippen LogP contribution >= 0.6 is 0 Å². The molecule has 26 heavy (non-hydrogen) atoms. The van der Waals surface area contributed by atoms with Gasteiger partial charge in [-0.05, 0) is 48.9 Å². The van der Waals surface area contributed by atoms with Gasteiger partial charge < -0.3 is 9.64 Å². The lowest BCUT2D eigenvalue weighted by molar-refractivity contribution is 0.0793. The zero-order chi connectivity index (χ0) is 19.2. The van der Waals surface area contributed by atoms with E-state index in [1.807, 2.05) is 0 Å². The van der Waals surface area contributed by atoms with E-state index in [1.165, 1.54) is 12.1 Å². The van der Waals surface area contributed by atoms with Gasteiger partial charge in [-0.25, -0.2) is 8.42 Å². The Morgan fingerprint density at radius 2 is 1.85 bits per heavy atom. The van der Waals surface area contributed by atoms with Gasteiger partial charge in [-0.2, -0.15) is 0 Å². The van der Waals surface area contributed by atoms with Gasteiger partial charge in [0.05, 0.1) is 12.0 Å². The molecule has 0 saturated carbocycles. The minimum atomic E-state index is -3.79. The maximum absolute atomic E-state index is 12.6. The molecule has 0 unspecified atom stereocenters. The van der Waals surface area contributed by atoms with E-state index in [0.29, 0.717) is 23.5 Å². The smallest absolute Gasteiger partial charge is 0.261 e. The van der Waals surface area contributed by atoms with Crippen molar-refractivity contribution in [1.29, 1.82) is 0 Å². The second-order valence-electron chi connectivity index (χ2n) is 5.94. The second-order valence-corrected chi connectivity index (χ2v) is 7.62. The zero-order valence-electron chi connectivity index (χ0n) is 15.2. The Morgan fingerprint density at radius 1 is 1.15 bits per heavy atom. The number of ether oxygens (including phenoxy) is 1. The molecule has 6 nitrogen and oxygen atoms in total. The van der Waals surface area contributed by atoms with Crippen molar-refractivity contribution in [3.8, 4) is 5.75 Å². The molecule has 0 spiro atoms. The van der Waals surface area contributed by atoms with Crippen molar-refractivity contribution in [2.75, 3.05) is 25.4 Å². The Morgan fingerprint density at radius 3 is 2.46 bits per heavy atom. The molecule has 0 saturated heterocycles. The van der Waals surface area contributed by atoms with E-state index in [9.17, 15) is 13.2 Å². The fourth-order valence-electron chi connectivity index (χ4n) is 2.39. The van der Waals surface area contributed by atoms with Crippen molar-refractivity contribution in [2.45, 2.75) is 24.7 Å². The van der Waals surface area contributed by atoms with Gasteiger partial charge in [0.1, 0.15) is 5.75 Å². The first-order chi connectivity index (χ1) is 12.4. The molecule has 0 heterocycles. The number of sulfonamides is 1. The molecule has 0 bridgehead atoms. The summed E-state index contributed by atoms with van der Waals surface area (Å²) in [6.45, 7) is 2.69. The van der Waals surface area contributed by atoms with E-state index >= 15 is 0 Å². The standard InChI is InChI=1S/C19H24N2O4S/c1-4-5-13-21(2)19(22)15-7-6-8-18(14-15)26(23,24)20-16-9-11-17(25-3)12-10-16/h6-12,14,20H,4-5,13H2,1-3H3. The Kier molecular flexibility index (Phi) is 6.63. The molecule has 1 amide bonds. The van der Waals surface area contributed by atoms with Gasteiger partial charge in [0.25, 0.3) is 15.9 Å². The molecule has 0 radical (unpaired) electrons. The highest BCUT2D eigenvalue weighted by Crippen LogP contribution is 2.20. The Labute approximate surface area is 154 Å². The van der Waals surface area contributed by atoms with Crippen LogP contribution in [0.2, 0.25) is 0 Å². The Bertz CT molecular complexity index is 848. The molecule has 2 aromatic carbocycles. The molecule has 2 rings (SSSR count). The third-order valence-corrected chi connectivity index (χ3v) is 5.31. The average molecular weight is 376 g/mol. The van der Waals surface area contributed by atoms with E-state index in [-0.39, 0.29) is 10.8 Å². The predicted octanol–water partition coefficient (Wildman–Crippen LogP) is 3.37. The lowest BCUT2D eigenvalue weighted by Crippen LogP contribution is -2.27. The number of nitrogens with zero attached hydrogens (tertiary/aromatic N) is 1. The predicted molar refractivity (Wildman–Crippen MR) is 102 cm³/mol. The van der Waals surface area contributed by atoms with E-state index in [1.54, 1.807) is 55.5 Å². The first-order valence-electron chi connectivity index (χ1n) is 8.39. The van der Waals surface area contributed by atoms with Crippen LogP contribution in [0.15, 0.2) is 53.4 Å². The molecule has 1 N–H and O–H groups in total. The summed E-state index contributed by atoms with van der Waals surface area (Å²) < 4.78 is 32.8. The van der Waals surface area contributed by atoms with Gasteiger partial charge in [-0.3, -0.25) is 9.52 Å². The average Bonchev–Trinajstić information content (AvgIpc) is 2.66. The SMILES string of the molecule is CCCCN(C)C(=O)c1cccc(S(=O)(=O)Nc2ccc(OC)cc2)c1. The summed E-state index contributed by atoms with van der Waals surface area (Å²) in [5.41, 5.74) is 0.767. The fourth-order valence-corrected chi connectivity index (χ4v) is 3.49. The summed E-state index contributed by atoms with van der Waals surface area (Å²) >= 11 is 0. The van der Waals surface area contributed by atoms with Gasteiger partial charge in [0, 0.05) is 24.8 Å². The monoisotopic (exact) mass is 376 g/mol. The minimum Gasteiger partial charge on any atom is -0.497 e. The van der Waals surface area contributed by atoms with Crippen LogP contribution in [0.25, 0.3) is 0 Å². The lowest BCUT2D eigenvalue weighted by Gasteiger charge is -2.17. The normalized spacial score (nSPS) is 11.0. The number of benzene rings is 2. The van der Waals surface area contributed by atoms with Crippen LogP contribution in [0.1, 0.15) is 30.1 Å². The molecule has 140 valence electrons. The summed E-state index contributed by atoms with van der Waals surface area (Å²) in [6.07, 6.45) is 1.89. The van der Waals surface area contributed by atoms with Gasteiger partial charge in [-0.1, -0.05) is 19.4 Å². The third kappa shape index (κ3) is 4.98. The van der Waals surface area contributed by atoms with Gasteiger partial charge in [0.2, 0.25) is 0 Å². The number of hydrogen-bond donors (Lipinski definition) is 1. The minimum absolute atomic E-state index is 0.0445. The molecule has 7 heteroatoms. The first kappa shape index (κ1) is 19.8. The van der Waals surface area contributed by atoms with Crippen molar-refractivity contribution in [2.24, 2.45) is 0 Å². The summed E-state index contributed by atoms with van der Waals surface area (Å²) in [7, 11) is -0.535. The highest BCUT2D eigenvalue weighted by Gasteiger charge is 2.18. The van der Waals surface area contributed by atoms with E-state index in [4.69, 9.17) is 4.74 Å². The largest absolute Gasteiger partial charge is 0.497 e. The maximum Gasteiger partial charge on any atom is 0.261 e. The first-order valence-corrected chi connectivity index (χ1v) is 9.88. The molecule has 0 aliphatic carbocycles. The molecule has 0 aliphatic rings. The molecule has 0 fully saturated rings. The zero-order valence-corrected chi connectivity index (χ0v) is 16.0. The molecule has 0 aromatic heterocycles. The molecule has 0 atom stereocenters. The van der Waals surface area contributed by atoms with Crippen LogP contribution in [-0.4, -0.2) is 39.9 Å². The van der Waals surface area contributed by atoms with Crippen molar-refractivity contribution in [3.05, 3.63) is 54.1 Å². The number of methoxy groups -OCH3 is 1. The summed E-state index contributed by atoms with van der Waals surface area (Å²) in [5, 5.41) is 0. The highest BCUT2D eigenvalue weighted by atomic mass is 32.2. The number of carbonyl (C=O) groups excluding carboxylic acids is 1. The van der Waals surface area contributed by atoms with Crippen molar-refractivity contribution >= 4 is 21.6 Å². The molecular formula is C19H24N2O4S. The maximum atomic E-state index is 12.6. The van der Waals surface area contributed by atoms with Crippen LogP contribution in [0.3, 0.4) is 0 Å². The lowest BCUT2D eigenvalue weighted by atomic mass is 10.2. The summed E-state index contributed by atoms with van der Waals surface area (Å²) in [5.74, 6) is 0.440. The second kappa shape index (κ2) is 8.71. The number of amides is 1. The molecular weight excluding hydrogens is 352 g/mol. The number of carbonyl (C=O) groups is 1. The Balaban J connectivity index is 2.20. The van der Waals surface area contributed by atoms with E-state index in [2.05, 4.69) is 11.6 Å². The van der Waals surface area contributed by atoms with Gasteiger partial charge in [-0.15, -0.1) is 0 Å². The third-order valence-electron chi connectivity index (χ3n) is 3.93. The van der Waals surface area contributed by atoms with Crippen LogP contribution in [0, 0.1) is 0 Å². The van der Waals surface area contributed by atoms with E-state index in [0.717, 1.165) is 12.8 Å². The van der Waals surface area contributed by atoms with Crippen LogP contribution in [0.4, 0.5) is 5.69 Å². The summed E-state index contributed by atoms with van der Waals surface area (Å²) in [4.78, 5) is 14.1. The van der Waals surface area contributed by atoms with Crippen LogP contribution in [0.5, 0.6) is 5.75 Å². The number of anilines is 1. The molecule has 0 aliphatic heterocycles. The Hall–Kier alpha value is -2.54. The fraction of sp³-hybridized carbons (Fsp3) is 0.316. The van der Waals surface area contributed by atoms with Crippen LogP contribution < -0.4 is 9.46 Å². The van der Waals surface area contributed by atoms with Crippen molar-refractivity contribution in [3.63, 3.8) is 0 Å².